The normalized spacial score (nSPS) is 11.1. The van der Waals surface area contributed by atoms with Crippen LogP contribution in [-0.2, 0) is 12.8 Å². The Bertz CT molecular complexity index is 810. The van der Waals surface area contributed by atoms with Crippen LogP contribution in [0.25, 0.3) is 22.2 Å². The van der Waals surface area contributed by atoms with Crippen LogP contribution in [0.4, 0.5) is 0 Å². The highest BCUT2D eigenvalue weighted by atomic mass is 14.7. The third kappa shape index (κ3) is 2.76. The van der Waals surface area contributed by atoms with E-state index in [0.717, 1.165) is 24.1 Å². The van der Waals surface area contributed by atoms with Crippen LogP contribution in [0.5, 0.6) is 0 Å². The van der Waals surface area contributed by atoms with E-state index < -0.39 is 0 Å². The summed E-state index contributed by atoms with van der Waals surface area (Å²) in [6.07, 6.45) is 2.07. The number of rotatable bonds is 3. The minimum absolute atomic E-state index is 1.00. The van der Waals surface area contributed by atoms with Crippen LogP contribution in [0.15, 0.2) is 42.5 Å². The molecule has 0 radical (unpaired) electrons. The molecule has 0 amide bonds. The van der Waals surface area contributed by atoms with E-state index in [2.05, 4.69) is 70.2 Å². The fourth-order valence-electron chi connectivity index (χ4n) is 3.12. The first-order valence-corrected chi connectivity index (χ1v) is 8.12. The maximum atomic E-state index is 4.97. The molecule has 0 saturated heterocycles. The van der Waals surface area contributed by atoms with Gasteiger partial charge in [-0.1, -0.05) is 37.1 Å². The molecule has 2 aromatic carbocycles. The highest BCUT2D eigenvalue weighted by Crippen LogP contribution is 2.28. The van der Waals surface area contributed by atoms with Crippen molar-refractivity contribution < 1.29 is 0 Å². The molecule has 1 heterocycles. The zero-order chi connectivity index (χ0) is 15.7. The molecule has 22 heavy (non-hydrogen) atoms. The van der Waals surface area contributed by atoms with E-state index in [1.54, 1.807) is 0 Å². The molecule has 0 bridgehead atoms. The second kappa shape index (κ2) is 5.92. The fourth-order valence-corrected chi connectivity index (χ4v) is 3.12. The second-order valence-corrected chi connectivity index (χ2v) is 6.11. The van der Waals surface area contributed by atoms with Gasteiger partial charge in [0.1, 0.15) is 0 Å². The first-order valence-electron chi connectivity index (χ1n) is 8.12. The molecule has 0 unspecified atom stereocenters. The lowest BCUT2D eigenvalue weighted by molar-refractivity contribution is 1.12. The average Bonchev–Trinajstić information content (AvgIpc) is 2.52. The van der Waals surface area contributed by atoms with Crippen LogP contribution in [0, 0.1) is 13.8 Å². The second-order valence-electron chi connectivity index (χ2n) is 6.11. The number of hydrogen-bond donors (Lipinski definition) is 0. The zero-order valence-electron chi connectivity index (χ0n) is 13.9. The molecule has 0 atom stereocenters. The van der Waals surface area contributed by atoms with Gasteiger partial charge in [-0.15, -0.1) is 0 Å². The zero-order valence-corrected chi connectivity index (χ0v) is 13.9. The predicted molar refractivity (Wildman–Crippen MR) is 95.4 cm³/mol. The van der Waals surface area contributed by atoms with Gasteiger partial charge in [-0.2, -0.15) is 0 Å². The Labute approximate surface area is 133 Å². The molecule has 112 valence electrons. The van der Waals surface area contributed by atoms with Gasteiger partial charge in [-0.25, -0.2) is 4.98 Å². The summed E-state index contributed by atoms with van der Waals surface area (Å²) < 4.78 is 0. The summed E-state index contributed by atoms with van der Waals surface area (Å²) in [5.74, 6) is 0. The van der Waals surface area contributed by atoms with Crippen molar-refractivity contribution in [1.29, 1.82) is 0 Å². The van der Waals surface area contributed by atoms with E-state index in [1.807, 2.05) is 0 Å². The first kappa shape index (κ1) is 14.8. The van der Waals surface area contributed by atoms with Gasteiger partial charge in [0, 0.05) is 10.9 Å². The fraction of sp³-hybridized carbons (Fsp3) is 0.286. The van der Waals surface area contributed by atoms with Crippen molar-refractivity contribution in [3.63, 3.8) is 0 Å². The van der Waals surface area contributed by atoms with Crippen molar-refractivity contribution in [2.45, 2.75) is 40.5 Å². The van der Waals surface area contributed by atoms with E-state index in [9.17, 15) is 0 Å². The lowest BCUT2D eigenvalue weighted by atomic mass is 9.98. The molecular weight excluding hydrogens is 266 g/mol. The number of hydrogen-bond acceptors (Lipinski definition) is 1. The van der Waals surface area contributed by atoms with Gasteiger partial charge in [-0.3, -0.25) is 0 Å². The molecule has 1 nitrogen and oxygen atoms in total. The van der Waals surface area contributed by atoms with Gasteiger partial charge < -0.3 is 0 Å². The van der Waals surface area contributed by atoms with Gasteiger partial charge in [0.05, 0.1) is 11.2 Å². The van der Waals surface area contributed by atoms with Crippen LogP contribution >= 0.6 is 0 Å². The molecule has 0 N–H and O–H groups in total. The van der Waals surface area contributed by atoms with E-state index >= 15 is 0 Å². The van der Waals surface area contributed by atoms with Crippen LogP contribution < -0.4 is 0 Å². The Kier molecular flexibility index (Phi) is 3.98. The Hall–Kier alpha value is -2.15. The summed E-state index contributed by atoms with van der Waals surface area (Å²) in [5, 5.41) is 1.25. The van der Waals surface area contributed by atoms with Crippen molar-refractivity contribution in [1.82, 2.24) is 4.98 Å². The van der Waals surface area contributed by atoms with Crippen molar-refractivity contribution in [2.75, 3.05) is 0 Å². The van der Waals surface area contributed by atoms with E-state index in [1.165, 1.54) is 33.2 Å². The van der Waals surface area contributed by atoms with Gasteiger partial charge in [-0.05, 0) is 68.1 Å². The molecule has 0 saturated carbocycles. The SMILES string of the molecule is CCc1ccc2nc(-c3cc(C)cc(C)c3)c(CC)cc2c1. The summed E-state index contributed by atoms with van der Waals surface area (Å²) in [6.45, 7) is 8.70. The summed E-state index contributed by atoms with van der Waals surface area (Å²) in [4.78, 5) is 4.97. The summed E-state index contributed by atoms with van der Waals surface area (Å²) in [7, 11) is 0. The lowest BCUT2D eigenvalue weighted by Gasteiger charge is -2.12. The minimum atomic E-state index is 1.00. The molecule has 0 spiro atoms. The Morgan fingerprint density at radius 3 is 2.18 bits per heavy atom. The molecule has 3 aromatic rings. The maximum absolute atomic E-state index is 4.97. The van der Waals surface area contributed by atoms with E-state index in [-0.39, 0.29) is 0 Å². The van der Waals surface area contributed by atoms with Gasteiger partial charge in [0.25, 0.3) is 0 Å². The van der Waals surface area contributed by atoms with Crippen molar-refractivity contribution in [3.8, 4) is 11.3 Å². The van der Waals surface area contributed by atoms with Gasteiger partial charge in [0.15, 0.2) is 0 Å². The van der Waals surface area contributed by atoms with Gasteiger partial charge in [0.2, 0.25) is 0 Å². The van der Waals surface area contributed by atoms with Crippen LogP contribution in [0.3, 0.4) is 0 Å². The molecule has 0 aliphatic heterocycles. The smallest absolute Gasteiger partial charge is 0.0741 e. The molecule has 0 fully saturated rings. The minimum Gasteiger partial charge on any atom is -0.248 e. The number of nitrogens with zero attached hydrogens (tertiary/aromatic N) is 1. The molecule has 0 aliphatic carbocycles. The van der Waals surface area contributed by atoms with Crippen LogP contribution in [-0.4, -0.2) is 4.98 Å². The van der Waals surface area contributed by atoms with Crippen molar-refractivity contribution in [3.05, 3.63) is 64.7 Å². The number of aryl methyl sites for hydroxylation is 4. The third-order valence-electron chi connectivity index (χ3n) is 4.24. The number of pyridine rings is 1. The van der Waals surface area contributed by atoms with Gasteiger partial charge >= 0.3 is 0 Å². The van der Waals surface area contributed by atoms with Crippen molar-refractivity contribution in [2.24, 2.45) is 0 Å². The molecule has 0 aliphatic rings. The summed E-state index contributed by atoms with van der Waals surface area (Å²) in [5.41, 5.74) is 8.73. The quantitative estimate of drug-likeness (QED) is 0.607. The summed E-state index contributed by atoms with van der Waals surface area (Å²) >= 11 is 0. The largest absolute Gasteiger partial charge is 0.248 e. The van der Waals surface area contributed by atoms with Crippen molar-refractivity contribution >= 4 is 10.9 Å². The molecule has 3 rings (SSSR count). The number of aromatic nitrogens is 1. The first-order chi connectivity index (χ1) is 10.6. The number of benzene rings is 2. The number of fused-ring (bicyclic) bond motifs is 1. The predicted octanol–water partition coefficient (Wildman–Crippen LogP) is 5.64. The molecular formula is C21H23N. The topological polar surface area (TPSA) is 12.9 Å². The average molecular weight is 289 g/mol. The highest BCUT2D eigenvalue weighted by molar-refractivity contribution is 5.84. The maximum Gasteiger partial charge on any atom is 0.0741 e. The molecule has 1 heteroatoms. The monoisotopic (exact) mass is 289 g/mol. The summed E-state index contributed by atoms with van der Waals surface area (Å²) in [6, 6.07) is 15.6. The van der Waals surface area contributed by atoms with Crippen LogP contribution in [0.1, 0.15) is 36.1 Å². The highest BCUT2D eigenvalue weighted by Gasteiger charge is 2.09. The van der Waals surface area contributed by atoms with Crippen LogP contribution in [0.2, 0.25) is 0 Å². The Balaban J connectivity index is 2.24. The molecule has 1 aromatic heterocycles. The van der Waals surface area contributed by atoms with E-state index in [0.29, 0.717) is 0 Å². The standard InChI is InChI=1S/C21H23N/c1-5-16-7-8-20-18(12-16)13-17(6-2)21(22-20)19-10-14(3)9-15(4)11-19/h7-13H,5-6H2,1-4H3. The lowest BCUT2D eigenvalue weighted by Crippen LogP contribution is -1.95. The Morgan fingerprint density at radius 1 is 0.818 bits per heavy atom. The Morgan fingerprint density at radius 2 is 1.55 bits per heavy atom. The van der Waals surface area contributed by atoms with E-state index in [4.69, 9.17) is 4.98 Å². The third-order valence-corrected chi connectivity index (χ3v) is 4.24.